The zero-order valence-corrected chi connectivity index (χ0v) is 25.2. The second-order valence-electron chi connectivity index (χ2n) is 10.7. The van der Waals surface area contributed by atoms with Gasteiger partial charge in [-0.05, 0) is 56.0 Å². The fraction of sp³-hybridized carbons (Fsp3) is 0.433. The number of carbonyl (C=O) groups is 1. The summed E-state index contributed by atoms with van der Waals surface area (Å²) in [5.74, 6) is 0.607. The Kier molecular flexibility index (Phi) is 10.9. The third-order valence-corrected chi connectivity index (χ3v) is 8.40. The molecule has 0 bridgehead atoms. The van der Waals surface area contributed by atoms with Gasteiger partial charge in [0.2, 0.25) is 0 Å². The fourth-order valence-corrected chi connectivity index (χ4v) is 6.02. The standard InChI is InChI=1S/C30H35ClN4O4.2ClH/c31-24-3-1-6-28-29(24)20(19-39-28)18-38-27-5-2-4-25-23(27)17-26(33-25)30(37)32-21-7-11-34(12-8-21)15-16-35-13-9-22(36)10-14-35;;/h1-6,17,19,21-22,33,36H,7-16,18H2,(H,32,37);2*1H. The van der Waals surface area contributed by atoms with Crippen LogP contribution in [-0.4, -0.2) is 77.2 Å². The van der Waals surface area contributed by atoms with Crippen molar-refractivity contribution in [1.29, 1.82) is 0 Å². The summed E-state index contributed by atoms with van der Waals surface area (Å²) in [5.41, 5.74) is 3.00. The smallest absolute Gasteiger partial charge is 0.267 e. The molecule has 0 atom stereocenters. The number of nitrogens with one attached hydrogen (secondary N) is 2. The topological polar surface area (TPSA) is 94.0 Å². The highest BCUT2D eigenvalue weighted by molar-refractivity contribution is 6.35. The lowest BCUT2D eigenvalue weighted by Gasteiger charge is -2.35. The van der Waals surface area contributed by atoms with E-state index in [1.54, 1.807) is 6.26 Å². The van der Waals surface area contributed by atoms with Crippen LogP contribution in [0.3, 0.4) is 0 Å². The molecule has 2 saturated heterocycles. The summed E-state index contributed by atoms with van der Waals surface area (Å²) in [6, 6.07) is 13.4. The molecule has 6 rings (SSSR count). The van der Waals surface area contributed by atoms with Crippen molar-refractivity contribution in [2.45, 2.75) is 44.4 Å². The van der Waals surface area contributed by atoms with Crippen LogP contribution in [0.25, 0.3) is 21.9 Å². The predicted molar refractivity (Wildman–Crippen MR) is 167 cm³/mol. The van der Waals surface area contributed by atoms with Gasteiger partial charge in [0.05, 0.1) is 17.4 Å². The van der Waals surface area contributed by atoms with Gasteiger partial charge in [-0.1, -0.05) is 23.7 Å². The maximum absolute atomic E-state index is 13.1. The average molecular weight is 624 g/mol. The van der Waals surface area contributed by atoms with Crippen molar-refractivity contribution < 1.29 is 19.1 Å². The minimum absolute atomic E-state index is 0. The number of hydrogen-bond acceptors (Lipinski definition) is 6. The minimum Gasteiger partial charge on any atom is -0.488 e. The summed E-state index contributed by atoms with van der Waals surface area (Å²) < 4.78 is 11.8. The molecule has 222 valence electrons. The lowest BCUT2D eigenvalue weighted by molar-refractivity contribution is 0.0729. The van der Waals surface area contributed by atoms with E-state index in [2.05, 4.69) is 20.1 Å². The van der Waals surface area contributed by atoms with E-state index in [-0.39, 0.29) is 42.9 Å². The van der Waals surface area contributed by atoms with Gasteiger partial charge in [0.15, 0.2) is 0 Å². The lowest BCUT2D eigenvalue weighted by Crippen LogP contribution is -2.47. The zero-order chi connectivity index (χ0) is 26.8. The van der Waals surface area contributed by atoms with Crippen LogP contribution in [0.1, 0.15) is 41.7 Å². The van der Waals surface area contributed by atoms with Crippen LogP contribution in [0, 0.1) is 0 Å². The monoisotopic (exact) mass is 622 g/mol. The van der Waals surface area contributed by atoms with Crippen molar-refractivity contribution in [1.82, 2.24) is 20.1 Å². The van der Waals surface area contributed by atoms with E-state index in [9.17, 15) is 9.90 Å². The van der Waals surface area contributed by atoms with E-state index in [0.717, 1.165) is 92.4 Å². The molecule has 0 aliphatic carbocycles. The summed E-state index contributed by atoms with van der Waals surface area (Å²) in [4.78, 5) is 21.3. The Morgan fingerprint density at radius 3 is 2.44 bits per heavy atom. The molecule has 11 heteroatoms. The molecule has 0 saturated carbocycles. The van der Waals surface area contributed by atoms with Crippen molar-refractivity contribution in [3.63, 3.8) is 0 Å². The van der Waals surface area contributed by atoms with Gasteiger partial charge in [0, 0.05) is 67.2 Å². The van der Waals surface area contributed by atoms with Crippen molar-refractivity contribution in [2.75, 3.05) is 39.3 Å². The van der Waals surface area contributed by atoms with Gasteiger partial charge in [-0.2, -0.15) is 0 Å². The summed E-state index contributed by atoms with van der Waals surface area (Å²) in [6.07, 6.45) is 5.20. The molecular weight excluding hydrogens is 587 g/mol. The molecule has 0 unspecified atom stereocenters. The highest BCUT2D eigenvalue weighted by Crippen LogP contribution is 2.31. The third-order valence-electron chi connectivity index (χ3n) is 8.09. The number of H-pyrrole nitrogens is 1. The van der Waals surface area contributed by atoms with Crippen molar-refractivity contribution >= 4 is 64.2 Å². The number of furan rings is 1. The van der Waals surface area contributed by atoms with Crippen LogP contribution < -0.4 is 10.1 Å². The highest BCUT2D eigenvalue weighted by atomic mass is 35.5. The number of nitrogens with zero attached hydrogens (tertiary/aromatic N) is 2. The number of fused-ring (bicyclic) bond motifs is 2. The van der Waals surface area contributed by atoms with Crippen LogP contribution >= 0.6 is 36.4 Å². The Morgan fingerprint density at radius 2 is 1.71 bits per heavy atom. The summed E-state index contributed by atoms with van der Waals surface area (Å²) >= 11 is 6.38. The number of aliphatic hydroxyl groups is 1. The van der Waals surface area contributed by atoms with Crippen molar-refractivity contribution in [2.24, 2.45) is 0 Å². The Morgan fingerprint density at radius 1 is 1.02 bits per heavy atom. The number of aromatic amines is 1. The Hall–Kier alpha value is -2.46. The van der Waals surface area contributed by atoms with Crippen LogP contribution in [-0.2, 0) is 6.61 Å². The fourth-order valence-electron chi connectivity index (χ4n) is 5.73. The Balaban J connectivity index is 0.00000194. The molecule has 3 N–H and O–H groups in total. The molecule has 2 aliphatic heterocycles. The number of hydrogen-bond donors (Lipinski definition) is 3. The van der Waals surface area contributed by atoms with Gasteiger partial charge in [-0.25, -0.2) is 0 Å². The maximum atomic E-state index is 13.1. The number of carbonyl (C=O) groups excluding carboxylic acids is 1. The largest absolute Gasteiger partial charge is 0.488 e. The van der Waals surface area contributed by atoms with E-state index in [4.69, 9.17) is 20.8 Å². The SMILES string of the molecule is Cl.Cl.O=C(NC1CCN(CCN2CCC(O)CC2)CC1)c1cc2c(OCc3coc4cccc(Cl)c34)cccc2[nH]1. The van der Waals surface area contributed by atoms with Gasteiger partial charge >= 0.3 is 0 Å². The van der Waals surface area contributed by atoms with Crippen LogP contribution in [0.4, 0.5) is 0 Å². The van der Waals surface area contributed by atoms with Crippen LogP contribution in [0.5, 0.6) is 5.75 Å². The second kappa shape index (κ2) is 14.1. The number of benzene rings is 2. The van der Waals surface area contributed by atoms with Gasteiger partial charge < -0.3 is 34.4 Å². The number of likely N-dealkylation sites (tertiary alicyclic amines) is 2. The molecule has 0 spiro atoms. The predicted octanol–water partition coefficient (Wildman–Crippen LogP) is 5.64. The van der Waals surface area contributed by atoms with Crippen LogP contribution in [0.15, 0.2) is 53.1 Å². The average Bonchev–Trinajstić information content (AvgIpc) is 3.58. The summed E-state index contributed by atoms with van der Waals surface area (Å²) in [7, 11) is 0. The minimum atomic E-state index is -0.126. The quantitative estimate of drug-likeness (QED) is 0.235. The van der Waals surface area contributed by atoms with Gasteiger partial charge in [-0.15, -0.1) is 24.8 Å². The molecule has 1 amide bonds. The number of ether oxygens (including phenoxy) is 1. The number of halogens is 3. The molecule has 4 heterocycles. The lowest BCUT2D eigenvalue weighted by atomic mass is 10.0. The van der Waals surface area contributed by atoms with Crippen molar-refractivity contribution in [3.05, 3.63) is 65.0 Å². The normalized spacial score (nSPS) is 17.3. The van der Waals surface area contributed by atoms with Crippen LogP contribution in [0.2, 0.25) is 5.02 Å². The first kappa shape index (κ1) is 31.5. The molecule has 41 heavy (non-hydrogen) atoms. The maximum Gasteiger partial charge on any atom is 0.267 e. The second-order valence-corrected chi connectivity index (χ2v) is 11.1. The van der Waals surface area contributed by atoms with E-state index in [0.29, 0.717) is 23.1 Å². The highest BCUT2D eigenvalue weighted by Gasteiger charge is 2.23. The number of rotatable bonds is 8. The van der Waals surface area contributed by atoms with E-state index in [1.807, 2.05) is 42.5 Å². The van der Waals surface area contributed by atoms with E-state index in [1.165, 1.54) is 0 Å². The molecule has 8 nitrogen and oxygen atoms in total. The van der Waals surface area contributed by atoms with Gasteiger partial charge in [0.1, 0.15) is 23.6 Å². The molecule has 2 aliphatic rings. The molecular formula is C30H37Cl3N4O4. The zero-order valence-electron chi connectivity index (χ0n) is 22.8. The number of aromatic nitrogens is 1. The number of amides is 1. The first-order chi connectivity index (χ1) is 19.0. The van der Waals surface area contributed by atoms with E-state index >= 15 is 0 Å². The summed E-state index contributed by atoms with van der Waals surface area (Å²) in [5, 5.41) is 15.3. The summed E-state index contributed by atoms with van der Waals surface area (Å²) in [6.45, 7) is 6.34. The Bertz CT molecular complexity index is 1440. The molecule has 2 aromatic carbocycles. The molecule has 2 aromatic heterocycles. The molecule has 2 fully saturated rings. The first-order valence-electron chi connectivity index (χ1n) is 13.9. The first-order valence-corrected chi connectivity index (χ1v) is 14.2. The molecule has 0 radical (unpaired) electrons. The number of aliphatic hydroxyl groups excluding tert-OH is 1. The number of piperidine rings is 2. The van der Waals surface area contributed by atoms with Crippen molar-refractivity contribution in [3.8, 4) is 5.75 Å². The van der Waals surface area contributed by atoms with Gasteiger partial charge in [-0.3, -0.25) is 4.79 Å². The Labute approximate surface area is 257 Å². The van der Waals surface area contributed by atoms with E-state index < -0.39 is 0 Å². The van der Waals surface area contributed by atoms with Gasteiger partial charge in [0.25, 0.3) is 5.91 Å². The third kappa shape index (κ3) is 7.31. The molecule has 4 aromatic rings.